The number of nitrogens with one attached hydrogen (secondary N) is 2. The third kappa shape index (κ3) is 3.89. The Balaban J connectivity index is 1.92. The van der Waals surface area contributed by atoms with Gasteiger partial charge in [-0.1, -0.05) is 12.1 Å². The maximum Gasteiger partial charge on any atom is 0.273 e. The van der Waals surface area contributed by atoms with Crippen LogP contribution >= 0.6 is 0 Å². The van der Waals surface area contributed by atoms with Crippen LogP contribution in [0.25, 0.3) is 0 Å². The van der Waals surface area contributed by atoms with Gasteiger partial charge in [-0.2, -0.15) is 0 Å². The lowest BCUT2D eigenvalue weighted by Gasteiger charge is -2.09. The molecular formula is C15H14N2O5. The van der Waals surface area contributed by atoms with Crippen LogP contribution in [-0.2, 0) is 11.2 Å². The number of phenols is 3. The fourth-order valence-corrected chi connectivity index (χ4v) is 1.80. The first-order valence-corrected chi connectivity index (χ1v) is 6.35. The quantitative estimate of drug-likeness (QED) is 0.538. The van der Waals surface area contributed by atoms with Crippen LogP contribution in [0.3, 0.4) is 0 Å². The van der Waals surface area contributed by atoms with Crippen LogP contribution in [-0.4, -0.2) is 27.1 Å². The summed E-state index contributed by atoms with van der Waals surface area (Å²) < 4.78 is 0. The van der Waals surface area contributed by atoms with Crippen LogP contribution < -0.4 is 10.9 Å². The van der Waals surface area contributed by atoms with E-state index >= 15 is 0 Å². The van der Waals surface area contributed by atoms with Gasteiger partial charge in [0.2, 0.25) is 5.91 Å². The maximum absolute atomic E-state index is 11.8. The van der Waals surface area contributed by atoms with Crippen molar-refractivity contribution < 1.29 is 24.9 Å². The number of amides is 2. The van der Waals surface area contributed by atoms with Crippen molar-refractivity contribution in [1.82, 2.24) is 10.9 Å². The monoisotopic (exact) mass is 302 g/mol. The van der Waals surface area contributed by atoms with Gasteiger partial charge in [-0.15, -0.1) is 0 Å². The second-order valence-corrected chi connectivity index (χ2v) is 4.55. The Hall–Kier alpha value is -3.22. The first-order valence-electron chi connectivity index (χ1n) is 6.35. The van der Waals surface area contributed by atoms with Crippen LogP contribution in [0.1, 0.15) is 15.9 Å². The van der Waals surface area contributed by atoms with Gasteiger partial charge >= 0.3 is 0 Å². The summed E-state index contributed by atoms with van der Waals surface area (Å²) in [6.07, 6.45) is -0.0315. The van der Waals surface area contributed by atoms with Gasteiger partial charge < -0.3 is 15.3 Å². The lowest BCUT2D eigenvalue weighted by Crippen LogP contribution is -2.42. The van der Waals surface area contributed by atoms with Crippen LogP contribution in [0, 0.1) is 0 Å². The number of phenolic OH excluding ortho intramolecular Hbond substituents is 3. The Kier molecular flexibility index (Phi) is 4.47. The summed E-state index contributed by atoms with van der Waals surface area (Å²) in [5.74, 6) is -1.75. The predicted molar refractivity (Wildman–Crippen MR) is 77.2 cm³/mol. The summed E-state index contributed by atoms with van der Waals surface area (Å²) in [5, 5.41) is 28.0. The fourth-order valence-electron chi connectivity index (χ4n) is 1.80. The van der Waals surface area contributed by atoms with Gasteiger partial charge in [0.25, 0.3) is 5.91 Å². The highest BCUT2D eigenvalue weighted by molar-refractivity contribution is 5.98. The van der Waals surface area contributed by atoms with E-state index in [0.717, 1.165) is 6.07 Å². The molecule has 7 nitrogen and oxygen atoms in total. The molecule has 0 aliphatic heterocycles. The second kappa shape index (κ2) is 6.49. The zero-order chi connectivity index (χ0) is 16.1. The summed E-state index contributed by atoms with van der Waals surface area (Å²) in [5.41, 5.74) is 4.84. The molecule has 0 saturated heterocycles. The molecule has 2 rings (SSSR count). The van der Waals surface area contributed by atoms with Crippen molar-refractivity contribution in [2.24, 2.45) is 0 Å². The van der Waals surface area contributed by atoms with E-state index in [0.29, 0.717) is 5.56 Å². The van der Waals surface area contributed by atoms with Gasteiger partial charge in [0.15, 0.2) is 0 Å². The zero-order valence-electron chi connectivity index (χ0n) is 11.4. The first-order chi connectivity index (χ1) is 10.5. The number of carbonyl (C=O) groups excluding carboxylic acids is 2. The molecule has 0 aliphatic rings. The number of hydrogen-bond acceptors (Lipinski definition) is 5. The number of rotatable bonds is 3. The Morgan fingerprint density at radius 1 is 0.909 bits per heavy atom. The molecular weight excluding hydrogens is 288 g/mol. The number of hydrogen-bond donors (Lipinski definition) is 5. The van der Waals surface area contributed by atoms with E-state index in [2.05, 4.69) is 10.9 Å². The number of aromatic hydroxyl groups is 3. The van der Waals surface area contributed by atoms with Crippen molar-refractivity contribution >= 4 is 11.8 Å². The molecule has 0 bridgehead atoms. The van der Waals surface area contributed by atoms with E-state index in [4.69, 9.17) is 5.11 Å². The standard InChI is InChI=1S/C15H14N2O5/c18-10-3-1-2-9(6-10)7-14(21)16-17-15(22)12-5-4-11(19)8-13(12)20/h1-6,8,18-20H,7H2,(H,16,21)(H,17,22). The molecule has 7 heteroatoms. The molecule has 0 unspecified atom stereocenters. The number of benzene rings is 2. The van der Waals surface area contributed by atoms with Gasteiger partial charge in [0.05, 0.1) is 12.0 Å². The average molecular weight is 302 g/mol. The largest absolute Gasteiger partial charge is 0.508 e. The van der Waals surface area contributed by atoms with Crippen molar-refractivity contribution in [2.75, 3.05) is 0 Å². The minimum absolute atomic E-state index is 0.0315. The summed E-state index contributed by atoms with van der Waals surface area (Å²) in [4.78, 5) is 23.5. The molecule has 2 amide bonds. The van der Waals surface area contributed by atoms with Crippen molar-refractivity contribution in [3.63, 3.8) is 0 Å². The van der Waals surface area contributed by atoms with E-state index in [9.17, 15) is 19.8 Å². The first kappa shape index (κ1) is 15.2. The van der Waals surface area contributed by atoms with Crippen molar-refractivity contribution in [3.05, 3.63) is 53.6 Å². The molecule has 22 heavy (non-hydrogen) atoms. The Labute approximate surface area is 125 Å². The van der Waals surface area contributed by atoms with Gasteiger partial charge in [0, 0.05) is 6.07 Å². The van der Waals surface area contributed by atoms with E-state index in [1.807, 2.05) is 0 Å². The maximum atomic E-state index is 11.8. The Bertz CT molecular complexity index is 715. The molecule has 0 heterocycles. The molecule has 0 radical (unpaired) electrons. The van der Waals surface area contributed by atoms with Crippen LogP contribution in [0.15, 0.2) is 42.5 Å². The molecule has 0 aromatic heterocycles. The minimum atomic E-state index is -0.721. The van der Waals surface area contributed by atoms with Gasteiger partial charge in [-0.25, -0.2) is 0 Å². The molecule has 2 aromatic rings. The third-order valence-electron chi connectivity index (χ3n) is 2.82. The molecule has 0 saturated carbocycles. The SMILES string of the molecule is O=C(Cc1cccc(O)c1)NNC(=O)c1ccc(O)cc1O. The number of carbonyl (C=O) groups is 2. The topological polar surface area (TPSA) is 119 Å². The molecule has 114 valence electrons. The lowest BCUT2D eigenvalue weighted by atomic mass is 10.1. The highest BCUT2D eigenvalue weighted by Gasteiger charge is 2.12. The minimum Gasteiger partial charge on any atom is -0.508 e. The highest BCUT2D eigenvalue weighted by Crippen LogP contribution is 2.22. The van der Waals surface area contributed by atoms with E-state index in [1.54, 1.807) is 12.1 Å². The second-order valence-electron chi connectivity index (χ2n) is 4.55. The lowest BCUT2D eigenvalue weighted by molar-refractivity contribution is -0.121. The summed E-state index contributed by atoms with van der Waals surface area (Å²) in [7, 11) is 0. The Morgan fingerprint density at radius 3 is 2.32 bits per heavy atom. The molecule has 0 fully saturated rings. The van der Waals surface area contributed by atoms with E-state index in [1.165, 1.54) is 24.3 Å². The van der Waals surface area contributed by atoms with Crippen molar-refractivity contribution in [2.45, 2.75) is 6.42 Å². The van der Waals surface area contributed by atoms with Crippen LogP contribution in [0.5, 0.6) is 17.2 Å². The van der Waals surface area contributed by atoms with E-state index in [-0.39, 0.29) is 23.5 Å². The summed E-state index contributed by atoms with van der Waals surface area (Å²) in [6, 6.07) is 9.66. The molecule has 0 aliphatic carbocycles. The molecule has 2 aromatic carbocycles. The third-order valence-corrected chi connectivity index (χ3v) is 2.82. The highest BCUT2D eigenvalue weighted by atomic mass is 16.3. The zero-order valence-corrected chi connectivity index (χ0v) is 11.4. The average Bonchev–Trinajstić information content (AvgIpc) is 2.45. The van der Waals surface area contributed by atoms with Crippen LogP contribution in [0.2, 0.25) is 0 Å². The van der Waals surface area contributed by atoms with Crippen LogP contribution in [0.4, 0.5) is 0 Å². The Morgan fingerprint density at radius 2 is 1.64 bits per heavy atom. The smallest absolute Gasteiger partial charge is 0.273 e. The fraction of sp³-hybridized carbons (Fsp3) is 0.0667. The van der Waals surface area contributed by atoms with Gasteiger partial charge in [-0.3, -0.25) is 20.4 Å². The van der Waals surface area contributed by atoms with Crippen molar-refractivity contribution in [3.8, 4) is 17.2 Å². The summed E-state index contributed by atoms with van der Waals surface area (Å²) >= 11 is 0. The van der Waals surface area contributed by atoms with Crippen molar-refractivity contribution in [1.29, 1.82) is 0 Å². The van der Waals surface area contributed by atoms with E-state index < -0.39 is 17.6 Å². The van der Waals surface area contributed by atoms with Gasteiger partial charge in [-0.05, 0) is 29.8 Å². The normalized spacial score (nSPS) is 10.0. The van der Waals surface area contributed by atoms with Gasteiger partial charge in [0.1, 0.15) is 17.2 Å². The summed E-state index contributed by atoms with van der Waals surface area (Å²) in [6.45, 7) is 0. The number of hydrazine groups is 1. The molecule has 0 spiro atoms. The predicted octanol–water partition coefficient (Wildman–Crippen LogP) is 0.807. The molecule has 0 atom stereocenters. The molecule has 5 N–H and O–H groups in total.